The van der Waals surface area contributed by atoms with Crippen LogP contribution in [0.3, 0.4) is 0 Å². The van der Waals surface area contributed by atoms with E-state index < -0.39 is 0 Å². The summed E-state index contributed by atoms with van der Waals surface area (Å²) in [4.78, 5) is 4.86. The van der Waals surface area contributed by atoms with Gasteiger partial charge in [0.2, 0.25) is 0 Å². The summed E-state index contributed by atoms with van der Waals surface area (Å²) < 4.78 is 13.5. The number of nitrogens with one attached hydrogen (secondary N) is 2. The van der Waals surface area contributed by atoms with E-state index in [9.17, 15) is 0 Å². The maximum absolute atomic E-state index is 5.76. The molecule has 2 N–H and O–H groups in total. The van der Waals surface area contributed by atoms with E-state index >= 15 is 0 Å². The Morgan fingerprint density at radius 3 is 2.61 bits per heavy atom. The minimum atomic E-state index is 0. The first-order valence-corrected chi connectivity index (χ1v) is 12.0. The second-order valence-corrected chi connectivity index (χ2v) is 7.97. The normalized spacial score (nSPS) is 14.1. The Labute approximate surface area is 215 Å². The van der Waals surface area contributed by atoms with E-state index in [0.717, 1.165) is 49.2 Å². The average molecular weight is 571 g/mol. The van der Waals surface area contributed by atoms with Crippen LogP contribution in [0.5, 0.6) is 11.5 Å². The molecule has 9 heteroatoms. The zero-order chi connectivity index (χ0) is 22.6. The Morgan fingerprint density at radius 1 is 1.12 bits per heavy atom. The van der Waals surface area contributed by atoms with Gasteiger partial charge < -0.3 is 24.7 Å². The van der Waals surface area contributed by atoms with E-state index in [-0.39, 0.29) is 24.0 Å². The number of aromatic nitrogens is 3. The molecule has 0 radical (unpaired) electrons. The summed E-state index contributed by atoms with van der Waals surface area (Å²) in [7, 11) is 0. The van der Waals surface area contributed by atoms with Crippen molar-refractivity contribution in [2.45, 2.75) is 71.9 Å². The van der Waals surface area contributed by atoms with Crippen LogP contribution in [0.1, 0.15) is 57.8 Å². The molecule has 1 heterocycles. The zero-order valence-electron chi connectivity index (χ0n) is 20.2. The molecule has 1 aromatic heterocycles. The number of aliphatic imine (C=N–C) groups is 1. The van der Waals surface area contributed by atoms with Crippen LogP contribution in [0.15, 0.2) is 29.5 Å². The molecular weight excluding hydrogens is 531 g/mol. The predicted molar refractivity (Wildman–Crippen MR) is 143 cm³/mol. The van der Waals surface area contributed by atoms with Crippen molar-refractivity contribution < 1.29 is 9.47 Å². The van der Waals surface area contributed by atoms with Gasteiger partial charge in [-0.25, -0.2) is 0 Å². The van der Waals surface area contributed by atoms with E-state index in [1.54, 1.807) is 6.33 Å². The largest absolute Gasteiger partial charge is 0.490 e. The molecule has 0 unspecified atom stereocenters. The Balaban J connectivity index is 0.00000385. The highest BCUT2D eigenvalue weighted by Gasteiger charge is 2.16. The molecule has 0 amide bonds. The Bertz CT molecular complexity index is 851. The smallest absolute Gasteiger partial charge is 0.191 e. The molecule has 0 bridgehead atoms. The second-order valence-electron chi connectivity index (χ2n) is 7.97. The van der Waals surface area contributed by atoms with Gasteiger partial charge in [-0.2, -0.15) is 0 Å². The number of rotatable bonds is 12. The van der Waals surface area contributed by atoms with Gasteiger partial charge in [0.15, 0.2) is 17.5 Å². The van der Waals surface area contributed by atoms with E-state index in [1.165, 1.54) is 31.2 Å². The first-order chi connectivity index (χ1) is 15.7. The van der Waals surface area contributed by atoms with Gasteiger partial charge >= 0.3 is 0 Å². The quantitative estimate of drug-likeness (QED) is 0.228. The minimum absolute atomic E-state index is 0. The number of aryl methyl sites for hydroxylation is 1. The van der Waals surface area contributed by atoms with Gasteiger partial charge in [0, 0.05) is 32.1 Å². The lowest BCUT2D eigenvalue weighted by atomic mass is 10.1. The fraction of sp³-hybridized carbons (Fsp3) is 0.625. The summed E-state index contributed by atoms with van der Waals surface area (Å²) in [5, 5.41) is 15.3. The second kappa shape index (κ2) is 15.0. The molecule has 1 aliphatic rings. The Kier molecular flexibility index (Phi) is 12.3. The summed E-state index contributed by atoms with van der Waals surface area (Å²) in [6.07, 6.45) is 8.52. The Morgan fingerprint density at radius 2 is 1.88 bits per heavy atom. The number of nitrogens with zero attached hydrogens (tertiary/aromatic N) is 4. The van der Waals surface area contributed by atoms with Crippen molar-refractivity contribution in [2.75, 3.05) is 26.3 Å². The standard InChI is InChI=1S/C24H38N6O2.HI/c1-4-23-29-27-18-30(23)16-15-26-24(28-20-9-7-8-10-20)25-14-13-19-11-12-21(31-5-2)22(17-19)32-6-3;/h11-12,17-18,20H,4-10,13-16H2,1-3H3,(H2,25,26,28);1H. The van der Waals surface area contributed by atoms with Gasteiger partial charge in [0.1, 0.15) is 12.2 Å². The van der Waals surface area contributed by atoms with Crippen molar-refractivity contribution in [3.05, 3.63) is 35.9 Å². The molecule has 2 aromatic rings. The van der Waals surface area contributed by atoms with E-state index in [4.69, 9.17) is 14.5 Å². The monoisotopic (exact) mass is 570 g/mol. The lowest BCUT2D eigenvalue weighted by Gasteiger charge is -2.18. The molecule has 8 nitrogen and oxygen atoms in total. The molecular formula is C24H39IN6O2. The van der Waals surface area contributed by atoms with Gasteiger partial charge in [0.05, 0.1) is 13.2 Å². The van der Waals surface area contributed by atoms with Gasteiger partial charge in [-0.1, -0.05) is 25.8 Å². The van der Waals surface area contributed by atoms with Crippen molar-refractivity contribution in [1.82, 2.24) is 25.4 Å². The van der Waals surface area contributed by atoms with E-state index in [2.05, 4.69) is 44.5 Å². The fourth-order valence-electron chi connectivity index (χ4n) is 4.00. The maximum Gasteiger partial charge on any atom is 0.191 e. The SMILES string of the molecule is CCOc1ccc(CCN=C(NCCn2cnnc2CC)NC2CCCC2)cc1OCC.I. The fourth-order valence-corrected chi connectivity index (χ4v) is 4.00. The zero-order valence-corrected chi connectivity index (χ0v) is 22.5. The van der Waals surface area contributed by atoms with Crippen molar-refractivity contribution in [3.8, 4) is 11.5 Å². The van der Waals surface area contributed by atoms with Crippen molar-refractivity contribution in [1.29, 1.82) is 0 Å². The molecule has 1 fully saturated rings. The molecule has 3 rings (SSSR count). The van der Waals surface area contributed by atoms with Crippen LogP contribution in [0.4, 0.5) is 0 Å². The van der Waals surface area contributed by atoms with Gasteiger partial charge in [-0.15, -0.1) is 34.2 Å². The van der Waals surface area contributed by atoms with Crippen LogP contribution in [0.25, 0.3) is 0 Å². The van der Waals surface area contributed by atoms with Crippen molar-refractivity contribution >= 4 is 29.9 Å². The summed E-state index contributed by atoms with van der Waals surface area (Å²) in [6.45, 7) is 9.61. The molecule has 1 aliphatic carbocycles. The van der Waals surface area contributed by atoms with Crippen LogP contribution in [-0.4, -0.2) is 53.1 Å². The molecule has 0 saturated heterocycles. The minimum Gasteiger partial charge on any atom is -0.490 e. The molecule has 33 heavy (non-hydrogen) atoms. The molecule has 0 spiro atoms. The molecule has 184 valence electrons. The number of hydrogen-bond acceptors (Lipinski definition) is 5. The lowest BCUT2D eigenvalue weighted by Crippen LogP contribution is -2.43. The molecule has 0 atom stereocenters. The Hall–Kier alpha value is -2.04. The number of ether oxygens (including phenoxy) is 2. The maximum atomic E-state index is 5.76. The number of guanidine groups is 1. The van der Waals surface area contributed by atoms with Crippen LogP contribution < -0.4 is 20.1 Å². The predicted octanol–water partition coefficient (Wildman–Crippen LogP) is 3.98. The highest BCUT2D eigenvalue weighted by molar-refractivity contribution is 14.0. The van der Waals surface area contributed by atoms with Crippen molar-refractivity contribution in [3.63, 3.8) is 0 Å². The number of halogens is 1. The molecule has 1 aromatic carbocycles. The molecule has 0 aliphatic heterocycles. The summed E-state index contributed by atoms with van der Waals surface area (Å²) in [5.74, 6) is 3.50. The highest BCUT2D eigenvalue weighted by Crippen LogP contribution is 2.28. The van der Waals surface area contributed by atoms with Crippen LogP contribution in [0.2, 0.25) is 0 Å². The van der Waals surface area contributed by atoms with E-state index in [0.29, 0.717) is 25.8 Å². The molecule has 1 saturated carbocycles. The highest BCUT2D eigenvalue weighted by atomic mass is 127. The topological polar surface area (TPSA) is 85.6 Å². The first-order valence-electron chi connectivity index (χ1n) is 12.0. The average Bonchev–Trinajstić information content (AvgIpc) is 3.47. The number of hydrogen-bond donors (Lipinski definition) is 2. The van der Waals surface area contributed by atoms with Crippen LogP contribution >= 0.6 is 24.0 Å². The van der Waals surface area contributed by atoms with Crippen LogP contribution in [-0.2, 0) is 19.4 Å². The third-order valence-electron chi connectivity index (χ3n) is 5.63. The number of benzene rings is 1. The van der Waals surface area contributed by atoms with E-state index in [1.807, 2.05) is 19.9 Å². The summed E-state index contributed by atoms with van der Waals surface area (Å²) in [6, 6.07) is 6.67. The van der Waals surface area contributed by atoms with Crippen LogP contribution in [0, 0.1) is 0 Å². The van der Waals surface area contributed by atoms with Gasteiger partial charge in [0.25, 0.3) is 0 Å². The lowest BCUT2D eigenvalue weighted by molar-refractivity contribution is 0.287. The van der Waals surface area contributed by atoms with Crippen molar-refractivity contribution in [2.24, 2.45) is 4.99 Å². The van der Waals surface area contributed by atoms with Gasteiger partial charge in [-0.3, -0.25) is 4.99 Å². The third kappa shape index (κ3) is 8.68. The summed E-state index contributed by atoms with van der Waals surface area (Å²) in [5.41, 5.74) is 1.19. The third-order valence-corrected chi connectivity index (χ3v) is 5.63. The summed E-state index contributed by atoms with van der Waals surface area (Å²) >= 11 is 0. The first kappa shape index (κ1) is 27.2. The van der Waals surface area contributed by atoms with Gasteiger partial charge in [-0.05, 0) is 50.8 Å².